The number of nitrogen functional groups attached to an aromatic ring is 1. The van der Waals surface area contributed by atoms with Gasteiger partial charge in [0, 0.05) is 24.5 Å². The molecule has 2 nitrogen and oxygen atoms in total. The maximum absolute atomic E-state index is 13.0. The van der Waals surface area contributed by atoms with E-state index in [1.54, 1.807) is 0 Å². The zero-order valence-corrected chi connectivity index (χ0v) is 13.9. The molecule has 0 radical (unpaired) electrons. The highest BCUT2D eigenvalue weighted by Crippen LogP contribution is 2.31. The van der Waals surface area contributed by atoms with Gasteiger partial charge in [-0.15, -0.1) is 0 Å². The van der Waals surface area contributed by atoms with E-state index in [0.717, 1.165) is 36.4 Å². The third kappa shape index (κ3) is 3.08. The lowest BCUT2D eigenvalue weighted by Gasteiger charge is -2.32. The summed E-state index contributed by atoms with van der Waals surface area (Å²) in [6.45, 7) is 9.96. The second kappa shape index (κ2) is 6.82. The van der Waals surface area contributed by atoms with Crippen molar-refractivity contribution in [1.29, 1.82) is 0 Å². The van der Waals surface area contributed by atoms with Gasteiger partial charge in [0.1, 0.15) is 5.82 Å². The summed E-state index contributed by atoms with van der Waals surface area (Å²) in [5.74, 6) is -0.192. The van der Waals surface area contributed by atoms with Crippen LogP contribution in [0.15, 0.2) is 30.3 Å². The number of rotatable bonds is 1. The molecule has 0 spiro atoms. The third-order valence-corrected chi connectivity index (χ3v) is 4.25. The summed E-state index contributed by atoms with van der Waals surface area (Å²) in [6, 6.07) is 8.92. The Morgan fingerprint density at radius 3 is 2.36 bits per heavy atom. The van der Waals surface area contributed by atoms with Gasteiger partial charge in [0.2, 0.25) is 0 Å². The highest BCUT2D eigenvalue weighted by molar-refractivity contribution is 5.61. The monoisotopic (exact) mass is 300 g/mol. The molecule has 0 fully saturated rings. The van der Waals surface area contributed by atoms with E-state index in [1.165, 1.54) is 28.8 Å². The summed E-state index contributed by atoms with van der Waals surface area (Å²) in [4.78, 5) is 2.28. The van der Waals surface area contributed by atoms with E-state index in [1.807, 2.05) is 26.0 Å². The Morgan fingerprint density at radius 2 is 1.73 bits per heavy atom. The van der Waals surface area contributed by atoms with Gasteiger partial charge in [0.05, 0.1) is 0 Å². The molecule has 0 aliphatic carbocycles. The zero-order valence-electron chi connectivity index (χ0n) is 13.9. The standard InChI is InChI=1S/C17H19FN2.C2H6/c1-11-9-13-7-8-20(10-16(13)12(2)17(11)19)15-5-3-14(18)4-6-15;1-2/h3-6,9H,7-8,10,19H2,1-2H3;1-2H3. The van der Waals surface area contributed by atoms with E-state index in [9.17, 15) is 4.39 Å². The Balaban J connectivity index is 0.000000847. The molecule has 0 unspecified atom stereocenters. The molecule has 0 amide bonds. The molecular formula is C19H25FN2. The first-order chi connectivity index (χ1) is 10.6. The zero-order chi connectivity index (χ0) is 16.3. The van der Waals surface area contributed by atoms with Gasteiger partial charge in [-0.05, 0) is 66.8 Å². The van der Waals surface area contributed by atoms with Crippen molar-refractivity contribution in [1.82, 2.24) is 0 Å². The average molecular weight is 300 g/mol. The van der Waals surface area contributed by atoms with Crippen LogP contribution in [0, 0.1) is 19.7 Å². The molecule has 1 heterocycles. The lowest BCUT2D eigenvalue weighted by atomic mass is 9.91. The van der Waals surface area contributed by atoms with Crippen molar-refractivity contribution < 1.29 is 4.39 Å². The van der Waals surface area contributed by atoms with Crippen molar-refractivity contribution in [2.45, 2.75) is 40.7 Å². The number of fused-ring (bicyclic) bond motifs is 1. The summed E-state index contributed by atoms with van der Waals surface area (Å²) in [7, 11) is 0. The van der Waals surface area contributed by atoms with Crippen LogP contribution in [0.3, 0.4) is 0 Å². The van der Waals surface area contributed by atoms with Gasteiger partial charge in [-0.1, -0.05) is 19.9 Å². The number of aryl methyl sites for hydroxylation is 1. The highest BCUT2D eigenvalue weighted by Gasteiger charge is 2.20. The van der Waals surface area contributed by atoms with Gasteiger partial charge in [-0.25, -0.2) is 4.39 Å². The minimum absolute atomic E-state index is 0.192. The predicted molar refractivity (Wildman–Crippen MR) is 92.8 cm³/mol. The van der Waals surface area contributed by atoms with Crippen LogP contribution < -0.4 is 10.6 Å². The second-order valence-corrected chi connectivity index (χ2v) is 5.52. The third-order valence-electron chi connectivity index (χ3n) is 4.25. The van der Waals surface area contributed by atoms with Gasteiger partial charge in [0.15, 0.2) is 0 Å². The molecular weight excluding hydrogens is 275 g/mol. The van der Waals surface area contributed by atoms with Gasteiger partial charge in [-0.2, -0.15) is 0 Å². The number of anilines is 2. The van der Waals surface area contributed by atoms with Crippen LogP contribution >= 0.6 is 0 Å². The van der Waals surface area contributed by atoms with Crippen molar-refractivity contribution in [3.8, 4) is 0 Å². The van der Waals surface area contributed by atoms with Crippen molar-refractivity contribution in [2.24, 2.45) is 0 Å². The van der Waals surface area contributed by atoms with E-state index in [2.05, 4.69) is 24.8 Å². The number of halogens is 1. The minimum Gasteiger partial charge on any atom is -0.398 e. The Bertz CT molecular complexity index is 647. The maximum Gasteiger partial charge on any atom is 0.123 e. The van der Waals surface area contributed by atoms with Crippen LogP contribution in [0.2, 0.25) is 0 Å². The predicted octanol–water partition coefficient (Wildman–Crippen LogP) is 4.61. The quantitative estimate of drug-likeness (QED) is 0.779. The number of hydrogen-bond acceptors (Lipinski definition) is 2. The number of nitrogens with zero attached hydrogens (tertiary/aromatic N) is 1. The molecule has 0 saturated heterocycles. The first kappa shape index (κ1) is 16.3. The Hall–Kier alpha value is -2.03. The second-order valence-electron chi connectivity index (χ2n) is 5.52. The molecule has 3 rings (SSSR count). The van der Waals surface area contributed by atoms with Crippen LogP contribution in [0.1, 0.15) is 36.1 Å². The van der Waals surface area contributed by atoms with Crippen molar-refractivity contribution in [3.05, 3.63) is 58.4 Å². The number of benzene rings is 2. The molecule has 0 bridgehead atoms. The van der Waals surface area contributed by atoms with Crippen LogP contribution in [0.4, 0.5) is 15.8 Å². The van der Waals surface area contributed by atoms with Gasteiger partial charge >= 0.3 is 0 Å². The van der Waals surface area contributed by atoms with Crippen LogP contribution in [-0.4, -0.2) is 6.54 Å². The molecule has 0 saturated carbocycles. The summed E-state index contributed by atoms with van der Waals surface area (Å²) in [5.41, 5.74) is 13.2. The minimum atomic E-state index is -0.192. The SMILES string of the molecule is CC.Cc1cc2c(c(C)c1N)CN(c1ccc(F)cc1)CC2. The van der Waals surface area contributed by atoms with Crippen molar-refractivity contribution in [2.75, 3.05) is 17.2 Å². The summed E-state index contributed by atoms with van der Waals surface area (Å²) < 4.78 is 13.0. The Labute approximate surface area is 132 Å². The van der Waals surface area contributed by atoms with Crippen LogP contribution in [-0.2, 0) is 13.0 Å². The molecule has 0 atom stereocenters. The summed E-state index contributed by atoms with van der Waals surface area (Å²) in [5, 5.41) is 0. The lowest BCUT2D eigenvalue weighted by molar-refractivity contribution is 0.627. The summed E-state index contributed by atoms with van der Waals surface area (Å²) in [6.07, 6.45) is 1.01. The van der Waals surface area contributed by atoms with Gasteiger partial charge in [-0.3, -0.25) is 0 Å². The van der Waals surface area contributed by atoms with Crippen LogP contribution in [0.25, 0.3) is 0 Å². The molecule has 3 heteroatoms. The Morgan fingerprint density at radius 1 is 1.09 bits per heavy atom. The van der Waals surface area contributed by atoms with Gasteiger partial charge < -0.3 is 10.6 Å². The fourth-order valence-electron chi connectivity index (χ4n) is 2.97. The molecule has 2 N–H and O–H groups in total. The first-order valence-electron chi connectivity index (χ1n) is 7.94. The molecule has 2 aromatic carbocycles. The topological polar surface area (TPSA) is 29.3 Å². The molecule has 118 valence electrons. The average Bonchev–Trinajstić information content (AvgIpc) is 2.55. The van der Waals surface area contributed by atoms with Crippen molar-refractivity contribution >= 4 is 11.4 Å². The van der Waals surface area contributed by atoms with E-state index < -0.39 is 0 Å². The fraction of sp³-hybridized carbons (Fsp3) is 0.368. The molecule has 1 aliphatic heterocycles. The molecule has 1 aliphatic rings. The maximum atomic E-state index is 13.0. The molecule has 2 aromatic rings. The fourth-order valence-corrected chi connectivity index (χ4v) is 2.97. The summed E-state index contributed by atoms with van der Waals surface area (Å²) >= 11 is 0. The Kier molecular flexibility index (Phi) is 5.07. The molecule has 0 aromatic heterocycles. The number of hydrogen-bond donors (Lipinski definition) is 1. The van der Waals surface area contributed by atoms with E-state index in [4.69, 9.17) is 5.73 Å². The van der Waals surface area contributed by atoms with Crippen LogP contribution in [0.5, 0.6) is 0 Å². The normalized spacial score (nSPS) is 13.2. The first-order valence-corrected chi connectivity index (χ1v) is 7.94. The largest absolute Gasteiger partial charge is 0.398 e. The molecule has 22 heavy (non-hydrogen) atoms. The van der Waals surface area contributed by atoms with E-state index in [-0.39, 0.29) is 5.82 Å². The van der Waals surface area contributed by atoms with Crippen molar-refractivity contribution in [3.63, 3.8) is 0 Å². The number of nitrogens with two attached hydrogens (primary N) is 1. The van der Waals surface area contributed by atoms with E-state index in [0.29, 0.717) is 0 Å². The smallest absolute Gasteiger partial charge is 0.123 e. The van der Waals surface area contributed by atoms with Gasteiger partial charge in [0.25, 0.3) is 0 Å². The highest BCUT2D eigenvalue weighted by atomic mass is 19.1. The van der Waals surface area contributed by atoms with E-state index >= 15 is 0 Å². The lowest BCUT2D eigenvalue weighted by Crippen LogP contribution is -2.31.